The van der Waals surface area contributed by atoms with Crippen LogP contribution in [0.5, 0.6) is 0 Å². The molecule has 2 unspecified atom stereocenters. The van der Waals surface area contributed by atoms with Crippen molar-refractivity contribution in [3.8, 4) is 0 Å². The smallest absolute Gasteiger partial charge is 0.128 e. The third-order valence-electron chi connectivity index (χ3n) is 3.29. The minimum atomic E-state index is 0.427. The van der Waals surface area contributed by atoms with Gasteiger partial charge < -0.3 is 10.1 Å². The standard InChI is InChI=1S/C13H20N2O/c1-3-12-11(6-8-16-12)9-15-13-10(2)5-4-7-14-13/h4-5,7,11-12H,3,6,8-9H2,1-2H3,(H,14,15). The molecule has 0 bridgehead atoms. The predicted molar refractivity (Wildman–Crippen MR) is 65.6 cm³/mol. The molecule has 2 rings (SSSR count). The predicted octanol–water partition coefficient (Wildman–Crippen LogP) is 2.62. The molecule has 0 spiro atoms. The largest absolute Gasteiger partial charge is 0.378 e. The van der Waals surface area contributed by atoms with Crippen LogP contribution in [0.25, 0.3) is 0 Å². The maximum absolute atomic E-state index is 5.67. The zero-order valence-corrected chi connectivity index (χ0v) is 10.1. The Balaban J connectivity index is 1.90. The second-order valence-corrected chi connectivity index (χ2v) is 4.42. The Bertz CT molecular complexity index is 340. The van der Waals surface area contributed by atoms with E-state index in [0.717, 1.165) is 31.8 Å². The van der Waals surface area contributed by atoms with E-state index >= 15 is 0 Å². The lowest BCUT2D eigenvalue weighted by atomic mass is 10.00. The van der Waals surface area contributed by atoms with Crippen LogP contribution < -0.4 is 5.32 Å². The molecule has 1 fully saturated rings. The number of nitrogens with zero attached hydrogens (tertiary/aromatic N) is 1. The first kappa shape index (κ1) is 11.4. The Hall–Kier alpha value is -1.09. The summed E-state index contributed by atoms with van der Waals surface area (Å²) in [6, 6.07) is 4.05. The highest BCUT2D eigenvalue weighted by Gasteiger charge is 2.26. The average molecular weight is 220 g/mol. The van der Waals surface area contributed by atoms with Crippen LogP contribution in [0, 0.1) is 12.8 Å². The molecule has 1 aliphatic rings. The minimum Gasteiger partial charge on any atom is -0.378 e. The van der Waals surface area contributed by atoms with Gasteiger partial charge in [-0.15, -0.1) is 0 Å². The quantitative estimate of drug-likeness (QED) is 0.847. The molecular weight excluding hydrogens is 200 g/mol. The molecule has 1 N–H and O–H groups in total. The first-order valence-electron chi connectivity index (χ1n) is 6.08. The summed E-state index contributed by atoms with van der Waals surface area (Å²) in [6.07, 6.45) is 4.53. The van der Waals surface area contributed by atoms with Crippen LogP contribution in [-0.4, -0.2) is 24.2 Å². The molecule has 3 nitrogen and oxygen atoms in total. The molecule has 3 heteroatoms. The highest BCUT2D eigenvalue weighted by Crippen LogP contribution is 2.23. The van der Waals surface area contributed by atoms with E-state index in [-0.39, 0.29) is 0 Å². The summed E-state index contributed by atoms with van der Waals surface area (Å²) < 4.78 is 5.67. The Morgan fingerprint density at radius 3 is 3.19 bits per heavy atom. The lowest BCUT2D eigenvalue weighted by Crippen LogP contribution is -2.23. The number of aromatic nitrogens is 1. The zero-order valence-electron chi connectivity index (χ0n) is 10.1. The van der Waals surface area contributed by atoms with Crippen LogP contribution in [0.3, 0.4) is 0 Å². The van der Waals surface area contributed by atoms with Crippen LogP contribution in [0.2, 0.25) is 0 Å². The summed E-state index contributed by atoms with van der Waals surface area (Å²) in [7, 11) is 0. The molecule has 88 valence electrons. The van der Waals surface area contributed by atoms with Crippen LogP contribution in [-0.2, 0) is 4.74 Å². The number of nitrogens with one attached hydrogen (secondary N) is 1. The number of rotatable bonds is 4. The molecule has 1 saturated heterocycles. The molecule has 1 aromatic rings. The highest BCUT2D eigenvalue weighted by molar-refractivity contribution is 5.42. The van der Waals surface area contributed by atoms with E-state index in [1.165, 1.54) is 5.56 Å². The third-order valence-corrected chi connectivity index (χ3v) is 3.29. The van der Waals surface area contributed by atoms with Gasteiger partial charge in [0, 0.05) is 25.3 Å². The first-order chi connectivity index (χ1) is 7.81. The Labute approximate surface area is 97.2 Å². The summed E-state index contributed by atoms with van der Waals surface area (Å²) in [4.78, 5) is 4.34. The Morgan fingerprint density at radius 1 is 1.56 bits per heavy atom. The maximum Gasteiger partial charge on any atom is 0.128 e. The first-order valence-corrected chi connectivity index (χ1v) is 6.08. The van der Waals surface area contributed by atoms with Gasteiger partial charge in [-0.25, -0.2) is 4.98 Å². The van der Waals surface area contributed by atoms with Crippen molar-refractivity contribution in [2.24, 2.45) is 5.92 Å². The van der Waals surface area contributed by atoms with E-state index in [1.807, 2.05) is 12.3 Å². The summed E-state index contributed by atoms with van der Waals surface area (Å²) in [5.74, 6) is 1.63. The lowest BCUT2D eigenvalue weighted by molar-refractivity contribution is 0.0900. The molecule has 2 atom stereocenters. The van der Waals surface area contributed by atoms with Gasteiger partial charge in [-0.2, -0.15) is 0 Å². The summed E-state index contributed by atoms with van der Waals surface area (Å²) >= 11 is 0. The number of hydrogen-bond donors (Lipinski definition) is 1. The van der Waals surface area contributed by atoms with Gasteiger partial charge in [0.1, 0.15) is 5.82 Å². The lowest BCUT2D eigenvalue weighted by Gasteiger charge is -2.18. The van der Waals surface area contributed by atoms with Gasteiger partial charge in [0.2, 0.25) is 0 Å². The van der Waals surface area contributed by atoms with E-state index in [2.05, 4.69) is 30.2 Å². The van der Waals surface area contributed by atoms with Crippen molar-refractivity contribution in [1.29, 1.82) is 0 Å². The average Bonchev–Trinajstić information content (AvgIpc) is 2.75. The van der Waals surface area contributed by atoms with Crippen molar-refractivity contribution in [1.82, 2.24) is 4.98 Å². The molecule has 2 heterocycles. The van der Waals surface area contributed by atoms with Gasteiger partial charge in [0.25, 0.3) is 0 Å². The van der Waals surface area contributed by atoms with Crippen molar-refractivity contribution in [3.63, 3.8) is 0 Å². The van der Waals surface area contributed by atoms with E-state index in [9.17, 15) is 0 Å². The number of hydrogen-bond acceptors (Lipinski definition) is 3. The van der Waals surface area contributed by atoms with Crippen LogP contribution in [0.1, 0.15) is 25.3 Å². The van der Waals surface area contributed by atoms with E-state index in [4.69, 9.17) is 4.74 Å². The zero-order chi connectivity index (χ0) is 11.4. The number of ether oxygens (including phenoxy) is 1. The number of aryl methyl sites for hydroxylation is 1. The summed E-state index contributed by atoms with van der Waals surface area (Å²) in [5, 5.41) is 3.43. The molecule has 0 aromatic carbocycles. The molecule has 1 aliphatic heterocycles. The van der Waals surface area contributed by atoms with E-state index < -0.39 is 0 Å². The summed E-state index contributed by atoms with van der Waals surface area (Å²) in [5.41, 5.74) is 1.20. The highest BCUT2D eigenvalue weighted by atomic mass is 16.5. The van der Waals surface area contributed by atoms with Crippen LogP contribution in [0.15, 0.2) is 18.3 Å². The van der Waals surface area contributed by atoms with Crippen molar-refractivity contribution in [3.05, 3.63) is 23.9 Å². The van der Waals surface area contributed by atoms with Crippen molar-refractivity contribution in [2.75, 3.05) is 18.5 Å². The van der Waals surface area contributed by atoms with Gasteiger partial charge in [-0.1, -0.05) is 13.0 Å². The van der Waals surface area contributed by atoms with E-state index in [0.29, 0.717) is 12.0 Å². The van der Waals surface area contributed by atoms with Crippen molar-refractivity contribution >= 4 is 5.82 Å². The SMILES string of the molecule is CCC1OCCC1CNc1ncccc1C. The van der Waals surface area contributed by atoms with Crippen molar-refractivity contribution < 1.29 is 4.74 Å². The van der Waals surface area contributed by atoms with Gasteiger partial charge in [-0.3, -0.25) is 0 Å². The molecule has 0 aliphatic carbocycles. The van der Waals surface area contributed by atoms with Gasteiger partial charge >= 0.3 is 0 Å². The van der Waals surface area contributed by atoms with Crippen LogP contribution >= 0.6 is 0 Å². The number of pyridine rings is 1. The maximum atomic E-state index is 5.67. The minimum absolute atomic E-state index is 0.427. The van der Waals surface area contributed by atoms with Gasteiger partial charge in [0.05, 0.1) is 6.10 Å². The third kappa shape index (κ3) is 2.53. The van der Waals surface area contributed by atoms with Gasteiger partial charge in [0.15, 0.2) is 0 Å². The topological polar surface area (TPSA) is 34.1 Å². The van der Waals surface area contributed by atoms with Gasteiger partial charge in [-0.05, 0) is 31.4 Å². The fourth-order valence-electron chi connectivity index (χ4n) is 2.28. The fraction of sp³-hybridized carbons (Fsp3) is 0.615. The fourth-order valence-corrected chi connectivity index (χ4v) is 2.28. The Morgan fingerprint density at radius 2 is 2.44 bits per heavy atom. The summed E-state index contributed by atoms with van der Waals surface area (Å²) in [6.45, 7) is 6.15. The molecule has 0 saturated carbocycles. The van der Waals surface area contributed by atoms with Crippen LogP contribution in [0.4, 0.5) is 5.82 Å². The Kier molecular flexibility index (Phi) is 3.78. The second kappa shape index (κ2) is 5.30. The molecule has 1 aromatic heterocycles. The van der Waals surface area contributed by atoms with E-state index in [1.54, 1.807) is 0 Å². The normalized spacial score (nSPS) is 24.6. The molecule has 16 heavy (non-hydrogen) atoms. The monoisotopic (exact) mass is 220 g/mol. The molecular formula is C13H20N2O. The molecule has 0 amide bonds. The van der Waals surface area contributed by atoms with Crippen molar-refractivity contribution in [2.45, 2.75) is 32.8 Å². The number of anilines is 1. The second-order valence-electron chi connectivity index (χ2n) is 4.42. The molecule has 0 radical (unpaired) electrons.